The van der Waals surface area contributed by atoms with E-state index >= 15 is 0 Å². The maximum atomic E-state index is 13.2. The molecule has 1 saturated carbocycles. The van der Waals surface area contributed by atoms with E-state index in [1.165, 1.54) is 30.1 Å². The van der Waals surface area contributed by atoms with Crippen LogP contribution in [-0.2, 0) is 10.0 Å². The van der Waals surface area contributed by atoms with Gasteiger partial charge in [0.15, 0.2) is 11.6 Å². The van der Waals surface area contributed by atoms with Gasteiger partial charge in [-0.2, -0.15) is 0 Å². The number of carbonyl (C=O) groups excluding carboxylic acids is 1. The fraction of sp³-hybridized carbons (Fsp3) is 0.364. The summed E-state index contributed by atoms with van der Waals surface area (Å²) in [4.78, 5) is 18.2. The molecule has 0 unspecified atom stereocenters. The molecule has 1 fully saturated rings. The third kappa shape index (κ3) is 4.42. The van der Waals surface area contributed by atoms with Crippen LogP contribution in [0.1, 0.15) is 49.6 Å². The van der Waals surface area contributed by atoms with E-state index in [2.05, 4.69) is 14.6 Å². The molecule has 0 spiro atoms. The first-order chi connectivity index (χ1) is 15.4. The number of furan rings is 1. The van der Waals surface area contributed by atoms with Crippen LogP contribution in [0, 0.1) is 0 Å². The Morgan fingerprint density at radius 2 is 2.00 bits per heavy atom. The minimum Gasteiger partial charge on any atom is -0.451 e. The molecule has 32 heavy (non-hydrogen) atoms. The second-order valence-electron chi connectivity index (χ2n) is 7.81. The summed E-state index contributed by atoms with van der Waals surface area (Å²) in [5.41, 5.74) is 2.13. The molecule has 1 aromatic carbocycles. The molecule has 3 aromatic rings. The van der Waals surface area contributed by atoms with Gasteiger partial charge in [0.2, 0.25) is 0 Å². The Morgan fingerprint density at radius 3 is 2.72 bits per heavy atom. The third-order valence-corrected chi connectivity index (χ3v) is 7.15. The number of nitrogens with zero attached hydrogens (tertiary/aromatic N) is 2. The highest BCUT2D eigenvalue weighted by atomic mass is 32.2. The number of fused-ring (bicyclic) bond motifs is 1. The minimum atomic E-state index is -3.94. The fourth-order valence-electron chi connectivity index (χ4n) is 4.23. The van der Waals surface area contributed by atoms with Gasteiger partial charge in [-0.1, -0.05) is 19.3 Å². The quantitative estimate of drug-likeness (QED) is 0.362. The first kappa shape index (κ1) is 22.1. The van der Waals surface area contributed by atoms with Crippen molar-refractivity contribution in [3.63, 3.8) is 0 Å². The molecule has 0 bridgehead atoms. The zero-order valence-corrected chi connectivity index (χ0v) is 18.6. The van der Waals surface area contributed by atoms with Crippen LogP contribution in [-0.4, -0.2) is 37.1 Å². The Morgan fingerprint density at radius 1 is 1.22 bits per heavy atom. The van der Waals surface area contributed by atoms with Gasteiger partial charge in [0.1, 0.15) is 5.58 Å². The molecule has 1 aliphatic rings. The summed E-state index contributed by atoms with van der Waals surface area (Å²) in [5, 5.41) is 9.31. The summed E-state index contributed by atoms with van der Waals surface area (Å²) in [6, 6.07) is 9.50. The number of pyridine rings is 1. The van der Waals surface area contributed by atoms with E-state index in [1.807, 2.05) is 6.92 Å². The second-order valence-corrected chi connectivity index (χ2v) is 9.49. The number of hydrogen-bond donors (Lipinski definition) is 3. The Kier molecular flexibility index (Phi) is 6.33. The molecular weight excluding hydrogens is 432 g/mol. The molecule has 170 valence electrons. The smallest absolute Gasteiger partial charge is 0.310 e. The summed E-state index contributed by atoms with van der Waals surface area (Å²) in [6.45, 7) is 2.77. The first-order valence-corrected chi connectivity index (χ1v) is 12.1. The Labute approximate surface area is 186 Å². The van der Waals surface area contributed by atoms with Crippen molar-refractivity contribution < 1.29 is 22.8 Å². The van der Waals surface area contributed by atoms with Crippen LogP contribution in [0.25, 0.3) is 11.0 Å². The maximum absolute atomic E-state index is 13.2. The number of aromatic nitrogens is 1. The molecule has 0 aliphatic heterocycles. The number of anilines is 2. The van der Waals surface area contributed by atoms with Gasteiger partial charge in [0.05, 0.1) is 10.6 Å². The molecule has 2 aromatic heterocycles. The highest BCUT2D eigenvalue weighted by Crippen LogP contribution is 2.32. The van der Waals surface area contributed by atoms with Crippen LogP contribution in [0.15, 0.2) is 51.9 Å². The lowest BCUT2D eigenvalue weighted by Gasteiger charge is -2.35. The second kappa shape index (κ2) is 9.17. The maximum Gasteiger partial charge on any atom is 0.310 e. The SMILES string of the molecule is CCN(c1ncccc1NS(=O)(=O)c1ccc2cc(C(=O)NO)oc2c1)C1CCCCC1. The van der Waals surface area contributed by atoms with Gasteiger partial charge in [0, 0.05) is 30.2 Å². The van der Waals surface area contributed by atoms with Crippen molar-refractivity contribution in [1.29, 1.82) is 0 Å². The van der Waals surface area contributed by atoms with Crippen molar-refractivity contribution in [1.82, 2.24) is 10.5 Å². The molecule has 0 atom stereocenters. The molecule has 2 heterocycles. The van der Waals surface area contributed by atoms with Gasteiger partial charge in [-0.25, -0.2) is 18.9 Å². The van der Waals surface area contributed by atoms with E-state index in [4.69, 9.17) is 9.62 Å². The van der Waals surface area contributed by atoms with Crippen LogP contribution in [0.2, 0.25) is 0 Å². The zero-order chi connectivity index (χ0) is 22.7. The number of benzene rings is 1. The number of hydrogen-bond acceptors (Lipinski definition) is 7. The van der Waals surface area contributed by atoms with Gasteiger partial charge < -0.3 is 9.32 Å². The van der Waals surface area contributed by atoms with E-state index in [9.17, 15) is 13.2 Å². The molecule has 1 aliphatic carbocycles. The molecule has 1 amide bonds. The largest absolute Gasteiger partial charge is 0.451 e. The fourth-order valence-corrected chi connectivity index (χ4v) is 5.30. The summed E-state index contributed by atoms with van der Waals surface area (Å²) in [5.74, 6) is -0.316. The minimum absolute atomic E-state index is 0.00850. The number of nitrogens with one attached hydrogen (secondary N) is 2. The predicted molar refractivity (Wildman–Crippen MR) is 120 cm³/mol. The van der Waals surface area contributed by atoms with Crippen molar-refractivity contribution in [3.05, 3.63) is 48.4 Å². The van der Waals surface area contributed by atoms with Crippen molar-refractivity contribution in [2.45, 2.75) is 50.0 Å². The predicted octanol–water partition coefficient (Wildman–Crippen LogP) is 3.91. The van der Waals surface area contributed by atoms with Crippen LogP contribution in [0.3, 0.4) is 0 Å². The molecule has 4 rings (SSSR count). The van der Waals surface area contributed by atoms with Crippen LogP contribution in [0.5, 0.6) is 0 Å². The van der Waals surface area contributed by atoms with Crippen molar-refractivity contribution >= 4 is 38.4 Å². The lowest BCUT2D eigenvalue weighted by Crippen LogP contribution is -2.37. The average molecular weight is 459 g/mol. The summed E-state index contributed by atoms with van der Waals surface area (Å²) >= 11 is 0. The van der Waals surface area contributed by atoms with E-state index in [-0.39, 0.29) is 16.2 Å². The van der Waals surface area contributed by atoms with Crippen molar-refractivity contribution in [3.8, 4) is 0 Å². The van der Waals surface area contributed by atoms with Crippen LogP contribution >= 0.6 is 0 Å². The lowest BCUT2D eigenvalue weighted by molar-refractivity contribution is 0.0678. The highest BCUT2D eigenvalue weighted by molar-refractivity contribution is 7.92. The van der Waals surface area contributed by atoms with E-state index in [1.54, 1.807) is 24.4 Å². The molecule has 10 heteroatoms. The zero-order valence-electron chi connectivity index (χ0n) is 17.7. The number of sulfonamides is 1. The molecule has 0 saturated heterocycles. The van der Waals surface area contributed by atoms with Crippen LogP contribution < -0.4 is 15.1 Å². The number of hydroxylamine groups is 1. The van der Waals surface area contributed by atoms with E-state index < -0.39 is 15.9 Å². The van der Waals surface area contributed by atoms with Crippen molar-refractivity contribution in [2.24, 2.45) is 0 Å². The number of rotatable bonds is 7. The van der Waals surface area contributed by atoms with Gasteiger partial charge in [-0.3, -0.25) is 14.7 Å². The normalized spacial score (nSPS) is 14.9. The van der Waals surface area contributed by atoms with E-state index in [0.717, 1.165) is 32.2 Å². The number of carbonyl (C=O) groups is 1. The Bertz CT molecular complexity index is 1220. The van der Waals surface area contributed by atoms with Gasteiger partial charge in [0.25, 0.3) is 10.0 Å². The Hall–Kier alpha value is -3.11. The topological polar surface area (TPSA) is 125 Å². The first-order valence-electron chi connectivity index (χ1n) is 10.7. The summed E-state index contributed by atoms with van der Waals surface area (Å²) in [7, 11) is -3.94. The van der Waals surface area contributed by atoms with Crippen molar-refractivity contribution in [2.75, 3.05) is 16.2 Å². The number of amides is 1. The van der Waals surface area contributed by atoms with Gasteiger partial charge in [-0.15, -0.1) is 0 Å². The Balaban J connectivity index is 1.64. The average Bonchev–Trinajstić information content (AvgIpc) is 3.24. The highest BCUT2D eigenvalue weighted by Gasteiger charge is 2.25. The van der Waals surface area contributed by atoms with Gasteiger partial charge >= 0.3 is 5.91 Å². The van der Waals surface area contributed by atoms with E-state index in [0.29, 0.717) is 22.9 Å². The lowest BCUT2D eigenvalue weighted by atomic mass is 9.94. The summed E-state index contributed by atoms with van der Waals surface area (Å²) < 4.78 is 34.4. The summed E-state index contributed by atoms with van der Waals surface area (Å²) in [6.07, 6.45) is 7.35. The molecule has 0 radical (unpaired) electrons. The standard InChI is InChI=1S/C22H26N4O5S/c1-2-26(16-7-4-3-5-8-16)21-18(9-6-12-23-21)25-32(29,30)17-11-10-15-13-20(22(27)24-28)31-19(15)14-17/h6,9-14,16,25,28H,2-5,7-8H2,1H3,(H,24,27). The third-order valence-electron chi connectivity index (χ3n) is 5.79. The molecule has 9 nitrogen and oxygen atoms in total. The monoisotopic (exact) mass is 458 g/mol. The van der Waals surface area contributed by atoms with Gasteiger partial charge in [-0.05, 0) is 50.1 Å². The molecular formula is C22H26N4O5S. The van der Waals surface area contributed by atoms with Crippen LogP contribution in [0.4, 0.5) is 11.5 Å². The molecule has 3 N–H and O–H groups in total.